The van der Waals surface area contributed by atoms with Gasteiger partial charge in [-0.2, -0.15) is 0 Å². The van der Waals surface area contributed by atoms with E-state index < -0.39 is 17.7 Å². The van der Waals surface area contributed by atoms with Gasteiger partial charge in [0.25, 0.3) is 0 Å². The highest BCUT2D eigenvalue weighted by Crippen LogP contribution is 2.29. The quantitative estimate of drug-likeness (QED) is 0.775. The summed E-state index contributed by atoms with van der Waals surface area (Å²) >= 11 is 0. The van der Waals surface area contributed by atoms with Crippen LogP contribution in [0.1, 0.15) is 44.2 Å². The van der Waals surface area contributed by atoms with Gasteiger partial charge in [0.1, 0.15) is 5.82 Å². The van der Waals surface area contributed by atoms with E-state index in [-0.39, 0.29) is 11.3 Å². The van der Waals surface area contributed by atoms with Crippen molar-refractivity contribution in [1.29, 1.82) is 0 Å². The largest absolute Gasteiger partial charge is 0.494 e. The number of halogens is 2. The summed E-state index contributed by atoms with van der Waals surface area (Å²) in [6.07, 6.45) is 3.51. The van der Waals surface area contributed by atoms with E-state index in [0.717, 1.165) is 19.3 Å². The van der Waals surface area contributed by atoms with Crippen LogP contribution in [-0.4, -0.2) is 7.11 Å². The molecule has 0 aliphatic heterocycles. The van der Waals surface area contributed by atoms with Gasteiger partial charge in [-0.25, -0.2) is 8.78 Å². The van der Waals surface area contributed by atoms with E-state index in [1.165, 1.54) is 19.2 Å². The SMILES string of the molecule is CCCCC[C@@H](N)c1c(F)ccc(OC)c1F. The zero-order valence-corrected chi connectivity index (χ0v) is 10.3. The van der Waals surface area contributed by atoms with Gasteiger partial charge in [0.05, 0.1) is 7.11 Å². The van der Waals surface area contributed by atoms with Crippen LogP contribution in [-0.2, 0) is 0 Å². The molecule has 0 aliphatic carbocycles. The van der Waals surface area contributed by atoms with Crippen molar-refractivity contribution in [2.24, 2.45) is 5.73 Å². The van der Waals surface area contributed by atoms with Gasteiger partial charge in [-0.15, -0.1) is 0 Å². The molecule has 0 bridgehead atoms. The Kier molecular flexibility index (Phi) is 5.35. The molecule has 0 aromatic heterocycles. The normalized spacial score (nSPS) is 12.5. The van der Waals surface area contributed by atoms with Crippen molar-refractivity contribution in [3.63, 3.8) is 0 Å². The summed E-state index contributed by atoms with van der Waals surface area (Å²) in [5.74, 6) is -1.25. The van der Waals surface area contributed by atoms with Crippen molar-refractivity contribution in [2.75, 3.05) is 7.11 Å². The summed E-state index contributed by atoms with van der Waals surface area (Å²) in [7, 11) is 1.35. The lowest BCUT2D eigenvalue weighted by Crippen LogP contribution is -2.14. The highest BCUT2D eigenvalue weighted by atomic mass is 19.1. The lowest BCUT2D eigenvalue weighted by Gasteiger charge is -2.15. The maximum Gasteiger partial charge on any atom is 0.172 e. The van der Waals surface area contributed by atoms with Gasteiger partial charge < -0.3 is 10.5 Å². The Bertz CT molecular complexity index is 369. The molecule has 0 spiro atoms. The summed E-state index contributed by atoms with van der Waals surface area (Å²) < 4.78 is 32.2. The summed E-state index contributed by atoms with van der Waals surface area (Å²) in [6, 6.07) is 1.85. The van der Waals surface area contributed by atoms with Gasteiger partial charge in [-0.3, -0.25) is 0 Å². The van der Waals surface area contributed by atoms with Gasteiger partial charge in [0.15, 0.2) is 11.6 Å². The molecule has 0 heterocycles. The lowest BCUT2D eigenvalue weighted by atomic mass is 10.00. The molecule has 2 N–H and O–H groups in total. The molecule has 0 amide bonds. The number of benzene rings is 1. The van der Waals surface area contributed by atoms with Crippen LogP contribution in [0.3, 0.4) is 0 Å². The molecule has 17 heavy (non-hydrogen) atoms. The molecule has 0 saturated carbocycles. The summed E-state index contributed by atoms with van der Waals surface area (Å²) in [5.41, 5.74) is 5.76. The fraction of sp³-hybridized carbons (Fsp3) is 0.538. The van der Waals surface area contributed by atoms with E-state index in [1.807, 2.05) is 0 Å². The smallest absolute Gasteiger partial charge is 0.172 e. The number of hydrogen-bond donors (Lipinski definition) is 1. The molecule has 0 radical (unpaired) electrons. The number of methoxy groups -OCH3 is 1. The molecular formula is C13H19F2NO. The molecule has 0 aliphatic rings. The fourth-order valence-electron chi connectivity index (χ4n) is 1.81. The molecule has 96 valence electrons. The van der Waals surface area contributed by atoms with Crippen LogP contribution in [0.2, 0.25) is 0 Å². The van der Waals surface area contributed by atoms with E-state index >= 15 is 0 Å². The molecule has 1 aromatic rings. The van der Waals surface area contributed by atoms with Crippen LogP contribution >= 0.6 is 0 Å². The number of nitrogens with two attached hydrogens (primary N) is 1. The molecule has 0 unspecified atom stereocenters. The Labute approximate surface area is 101 Å². The number of unbranched alkanes of at least 4 members (excludes halogenated alkanes) is 2. The Morgan fingerprint density at radius 1 is 1.29 bits per heavy atom. The molecule has 0 saturated heterocycles. The van der Waals surface area contributed by atoms with Crippen LogP contribution in [0.5, 0.6) is 5.75 Å². The molecule has 0 fully saturated rings. The first-order valence-electron chi connectivity index (χ1n) is 5.89. The third-order valence-corrected chi connectivity index (χ3v) is 2.80. The van der Waals surface area contributed by atoms with Gasteiger partial charge in [-0.05, 0) is 18.6 Å². The van der Waals surface area contributed by atoms with Crippen molar-refractivity contribution < 1.29 is 13.5 Å². The molecule has 1 atom stereocenters. The van der Waals surface area contributed by atoms with Crippen LogP contribution in [0.25, 0.3) is 0 Å². The Balaban J connectivity index is 2.87. The van der Waals surface area contributed by atoms with E-state index in [1.54, 1.807) is 0 Å². The summed E-state index contributed by atoms with van der Waals surface area (Å²) in [4.78, 5) is 0. The summed E-state index contributed by atoms with van der Waals surface area (Å²) in [5, 5.41) is 0. The first-order chi connectivity index (χ1) is 8.11. The topological polar surface area (TPSA) is 35.2 Å². The highest BCUT2D eigenvalue weighted by Gasteiger charge is 2.19. The number of hydrogen-bond acceptors (Lipinski definition) is 2. The van der Waals surface area contributed by atoms with Crippen molar-refractivity contribution >= 4 is 0 Å². The second-order valence-corrected chi connectivity index (χ2v) is 4.08. The molecule has 2 nitrogen and oxygen atoms in total. The molecule has 4 heteroatoms. The molecule has 1 aromatic carbocycles. The predicted molar refractivity (Wildman–Crippen MR) is 64.0 cm³/mol. The van der Waals surface area contributed by atoms with Crippen molar-refractivity contribution in [3.05, 3.63) is 29.3 Å². The average molecular weight is 243 g/mol. The Hall–Kier alpha value is -1.16. The minimum Gasteiger partial charge on any atom is -0.494 e. The molecule has 1 rings (SSSR count). The monoisotopic (exact) mass is 243 g/mol. The minimum atomic E-state index is -0.684. The first kappa shape index (κ1) is 13.9. The van der Waals surface area contributed by atoms with E-state index in [9.17, 15) is 8.78 Å². The summed E-state index contributed by atoms with van der Waals surface area (Å²) in [6.45, 7) is 2.07. The Morgan fingerprint density at radius 3 is 2.59 bits per heavy atom. The van der Waals surface area contributed by atoms with Gasteiger partial charge >= 0.3 is 0 Å². The zero-order valence-electron chi connectivity index (χ0n) is 10.3. The second kappa shape index (κ2) is 6.55. The second-order valence-electron chi connectivity index (χ2n) is 4.08. The highest BCUT2D eigenvalue weighted by molar-refractivity contribution is 5.34. The minimum absolute atomic E-state index is 0.0346. The number of ether oxygens (including phenoxy) is 1. The fourth-order valence-corrected chi connectivity index (χ4v) is 1.81. The zero-order chi connectivity index (χ0) is 12.8. The Morgan fingerprint density at radius 2 is 2.00 bits per heavy atom. The maximum absolute atomic E-state index is 13.8. The third-order valence-electron chi connectivity index (χ3n) is 2.80. The van der Waals surface area contributed by atoms with E-state index in [2.05, 4.69) is 6.92 Å². The first-order valence-corrected chi connectivity index (χ1v) is 5.89. The van der Waals surface area contributed by atoms with E-state index in [0.29, 0.717) is 6.42 Å². The standard InChI is InChI=1S/C13H19F2NO/c1-3-4-5-6-10(16)12-9(14)7-8-11(17-2)13(12)15/h7-8,10H,3-6,16H2,1-2H3/t10-/m1/s1. The lowest BCUT2D eigenvalue weighted by molar-refractivity contribution is 0.376. The van der Waals surface area contributed by atoms with Crippen LogP contribution in [0, 0.1) is 11.6 Å². The van der Waals surface area contributed by atoms with E-state index in [4.69, 9.17) is 10.5 Å². The van der Waals surface area contributed by atoms with Gasteiger partial charge in [0.2, 0.25) is 0 Å². The maximum atomic E-state index is 13.8. The van der Waals surface area contributed by atoms with Crippen molar-refractivity contribution in [2.45, 2.75) is 38.6 Å². The van der Waals surface area contributed by atoms with Crippen molar-refractivity contribution in [3.8, 4) is 5.75 Å². The molecular weight excluding hydrogens is 224 g/mol. The van der Waals surface area contributed by atoms with Crippen LogP contribution in [0.15, 0.2) is 12.1 Å². The average Bonchev–Trinajstić information content (AvgIpc) is 2.30. The van der Waals surface area contributed by atoms with Gasteiger partial charge in [0, 0.05) is 11.6 Å². The van der Waals surface area contributed by atoms with Crippen molar-refractivity contribution in [1.82, 2.24) is 0 Å². The third kappa shape index (κ3) is 3.40. The van der Waals surface area contributed by atoms with Crippen LogP contribution < -0.4 is 10.5 Å². The number of rotatable bonds is 6. The van der Waals surface area contributed by atoms with Crippen LogP contribution in [0.4, 0.5) is 8.78 Å². The van der Waals surface area contributed by atoms with Gasteiger partial charge in [-0.1, -0.05) is 26.2 Å². The predicted octanol–water partition coefficient (Wildman–Crippen LogP) is 3.55.